The molecule has 0 spiro atoms. The highest BCUT2D eigenvalue weighted by molar-refractivity contribution is 7.52. The molecule has 0 saturated carbocycles. The topological polar surface area (TPSA) is 159 Å². The Morgan fingerprint density at radius 3 is 2.67 bits per heavy atom. The van der Waals surface area contributed by atoms with Gasteiger partial charge in [-0.2, -0.15) is 5.09 Å². The molecule has 0 amide bonds. The first-order chi connectivity index (χ1) is 21.2. The molecule has 0 unspecified atom stereocenters. The Bertz CT molecular complexity index is 1720. The second-order valence-electron chi connectivity index (χ2n) is 12.3. The van der Waals surface area contributed by atoms with Gasteiger partial charge in [0.05, 0.1) is 19.5 Å². The summed E-state index contributed by atoms with van der Waals surface area (Å²) in [7, 11) is -2.72. The van der Waals surface area contributed by atoms with Crippen molar-refractivity contribution in [1.82, 2.24) is 24.6 Å². The number of nitrogens with zero attached hydrogens (tertiary/aromatic N) is 4. The van der Waals surface area contributed by atoms with Crippen molar-refractivity contribution in [2.24, 2.45) is 5.41 Å². The van der Waals surface area contributed by atoms with Gasteiger partial charge < -0.3 is 24.4 Å². The number of fused-ring (bicyclic) bond motifs is 2. The number of anilines is 1. The predicted octanol–water partition coefficient (Wildman–Crippen LogP) is 4.78. The number of ether oxygens (including phenoxy) is 2. The van der Waals surface area contributed by atoms with Crippen molar-refractivity contribution in [2.45, 2.75) is 64.8 Å². The Labute approximate surface area is 260 Å². The molecule has 1 aliphatic heterocycles. The molecule has 45 heavy (non-hydrogen) atoms. The molecule has 242 valence electrons. The number of rotatable bonds is 11. The number of aromatic nitrogens is 4. The van der Waals surface area contributed by atoms with Gasteiger partial charge in [0.15, 0.2) is 23.4 Å². The zero-order valence-electron chi connectivity index (χ0n) is 25.9. The van der Waals surface area contributed by atoms with Crippen LogP contribution in [0, 0.1) is 5.41 Å². The highest BCUT2D eigenvalue weighted by Crippen LogP contribution is 2.49. The fourth-order valence-electron chi connectivity index (χ4n) is 4.93. The Kier molecular flexibility index (Phi) is 9.16. The number of carbonyl (C=O) groups is 1. The molecule has 1 fully saturated rings. The van der Waals surface area contributed by atoms with Crippen LogP contribution in [-0.2, 0) is 23.4 Å². The maximum Gasteiger partial charge on any atom is 0.459 e. The van der Waals surface area contributed by atoms with E-state index in [9.17, 15) is 14.5 Å². The summed E-state index contributed by atoms with van der Waals surface area (Å²) in [5.41, 5.74) is -1.95. The third kappa shape index (κ3) is 6.95. The molecule has 2 aromatic heterocycles. The van der Waals surface area contributed by atoms with E-state index in [0.29, 0.717) is 16.7 Å². The number of imidazole rings is 1. The smallest absolute Gasteiger partial charge is 0.459 e. The Hall–Kier alpha value is -3.68. The zero-order valence-corrected chi connectivity index (χ0v) is 26.8. The number of hydrogen-bond acceptors (Lipinski definition) is 11. The number of benzene rings is 2. The van der Waals surface area contributed by atoms with E-state index in [1.807, 2.05) is 39.0 Å². The van der Waals surface area contributed by atoms with E-state index in [1.54, 1.807) is 31.3 Å². The summed E-state index contributed by atoms with van der Waals surface area (Å²) in [6.07, 6.45) is -1.70. The van der Waals surface area contributed by atoms with Crippen molar-refractivity contribution in [3.8, 4) is 5.75 Å². The number of carbonyl (C=O) groups excluding carboxylic acids is 1. The second kappa shape index (κ2) is 12.6. The Morgan fingerprint density at radius 1 is 1.20 bits per heavy atom. The van der Waals surface area contributed by atoms with E-state index >= 15 is 4.39 Å². The van der Waals surface area contributed by atoms with E-state index in [1.165, 1.54) is 31.1 Å². The summed E-state index contributed by atoms with van der Waals surface area (Å²) < 4.78 is 54.9. The molecule has 4 aromatic rings. The lowest BCUT2D eigenvalue weighted by Gasteiger charge is -2.26. The monoisotopic (exact) mass is 644 g/mol. The van der Waals surface area contributed by atoms with Gasteiger partial charge in [-0.05, 0) is 30.7 Å². The molecule has 2 aromatic carbocycles. The molecule has 1 saturated heterocycles. The first-order valence-electron chi connectivity index (χ1n) is 14.5. The molecule has 0 bridgehead atoms. The Morgan fingerprint density at radius 2 is 1.93 bits per heavy atom. The van der Waals surface area contributed by atoms with Crippen LogP contribution in [0.15, 0.2) is 55.1 Å². The van der Waals surface area contributed by atoms with Crippen molar-refractivity contribution in [2.75, 3.05) is 25.6 Å². The molecule has 3 heterocycles. The molecule has 6 atom stereocenters. The molecule has 0 radical (unpaired) electrons. The number of esters is 1. The standard InChI is InChI=1S/C30H38FN6O7P/c1-18(27(39)41-15-29(2,3)4)36-45(40,44-21-13-9-11-19-10-7-8-12-20(19)21)42-14-22-24(38)30(5,31)28(43-22)37-17-35-23-25(32-6)33-16-34-26(23)37/h7-13,16-18,22,24,28,38H,14-15H2,1-6H3,(H,36,40)(H,32,33,34)/t18-,22+,24+,28+,30+,45-/m0/s1. The van der Waals surface area contributed by atoms with Crippen molar-refractivity contribution in [3.63, 3.8) is 0 Å². The highest BCUT2D eigenvalue weighted by atomic mass is 31.2. The summed E-state index contributed by atoms with van der Waals surface area (Å²) >= 11 is 0. The fraction of sp³-hybridized carbons (Fsp3) is 0.467. The minimum absolute atomic E-state index is 0.134. The van der Waals surface area contributed by atoms with Gasteiger partial charge >= 0.3 is 13.7 Å². The lowest BCUT2D eigenvalue weighted by Crippen LogP contribution is -2.41. The maximum absolute atomic E-state index is 16.1. The molecule has 3 N–H and O–H groups in total. The number of alkyl halides is 1. The van der Waals surface area contributed by atoms with Gasteiger partial charge in [0.25, 0.3) is 0 Å². The van der Waals surface area contributed by atoms with Crippen molar-refractivity contribution in [3.05, 3.63) is 55.1 Å². The lowest BCUT2D eigenvalue weighted by molar-refractivity contribution is -0.148. The predicted molar refractivity (Wildman–Crippen MR) is 165 cm³/mol. The van der Waals surface area contributed by atoms with Crippen molar-refractivity contribution >= 4 is 41.5 Å². The number of hydrogen-bond donors (Lipinski definition) is 3. The van der Waals surface area contributed by atoms with E-state index < -0.39 is 50.5 Å². The molecule has 15 heteroatoms. The Balaban J connectivity index is 1.39. The lowest BCUT2D eigenvalue weighted by atomic mass is 9.98. The zero-order chi connectivity index (χ0) is 32.6. The van der Waals surface area contributed by atoms with Gasteiger partial charge in [-0.1, -0.05) is 57.2 Å². The second-order valence-corrected chi connectivity index (χ2v) is 14.0. The number of aliphatic hydroxyl groups is 1. The van der Waals surface area contributed by atoms with Crippen LogP contribution in [0.1, 0.15) is 40.8 Å². The third-order valence-corrected chi connectivity index (χ3v) is 8.92. The number of halogens is 1. The van der Waals surface area contributed by atoms with E-state index in [-0.39, 0.29) is 23.4 Å². The molecule has 1 aliphatic rings. The van der Waals surface area contributed by atoms with Crippen LogP contribution >= 0.6 is 7.75 Å². The molecule has 13 nitrogen and oxygen atoms in total. The minimum Gasteiger partial charge on any atom is -0.464 e. The van der Waals surface area contributed by atoms with E-state index in [0.717, 1.165) is 5.39 Å². The SMILES string of the molecule is CNc1ncnc2c1ncn2[C@@H]1O[C@H](CO[P@@](=O)(N[C@@H](C)C(=O)OCC(C)(C)C)Oc2cccc3ccccc23)[C@@H](O)[C@@]1(C)F. The summed E-state index contributed by atoms with van der Waals surface area (Å²) in [5, 5.41) is 18.0. The van der Waals surface area contributed by atoms with Crippen molar-refractivity contribution in [1.29, 1.82) is 0 Å². The largest absolute Gasteiger partial charge is 0.464 e. The van der Waals surface area contributed by atoms with Crippen LogP contribution in [0.4, 0.5) is 10.2 Å². The van der Waals surface area contributed by atoms with Gasteiger partial charge in [0.2, 0.25) is 0 Å². The van der Waals surface area contributed by atoms with E-state index in [2.05, 4.69) is 25.4 Å². The van der Waals surface area contributed by atoms with Crippen LogP contribution < -0.4 is 14.9 Å². The van der Waals surface area contributed by atoms with Crippen LogP contribution in [0.2, 0.25) is 0 Å². The van der Waals surface area contributed by atoms with Gasteiger partial charge in [-0.15, -0.1) is 0 Å². The number of aliphatic hydroxyl groups excluding tert-OH is 1. The van der Waals surface area contributed by atoms with Gasteiger partial charge in [0, 0.05) is 12.4 Å². The summed E-state index contributed by atoms with van der Waals surface area (Å²) in [5.74, 6) is -0.00518. The van der Waals surface area contributed by atoms with Crippen LogP contribution in [-0.4, -0.2) is 74.8 Å². The first kappa shape index (κ1) is 32.7. The average Bonchev–Trinajstić information content (AvgIpc) is 3.52. The van der Waals surface area contributed by atoms with E-state index in [4.69, 9.17) is 18.5 Å². The summed E-state index contributed by atoms with van der Waals surface area (Å²) in [4.78, 5) is 25.4. The summed E-state index contributed by atoms with van der Waals surface area (Å²) in [6.45, 7) is 7.96. The van der Waals surface area contributed by atoms with Crippen molar-refractivity contribution < 1.29 is 37.4 Å². The third-order valence-electron chi connectivity index (χ3n) is 7.29. The highest BCUT2D eigenvalue weighted by Gasteiger charge is 2.56. The van der Waals surface area contributed by atoms with Gasteiger partial charge in [-0.25, -0.2) is 23.9 Å². The molecule has 0 aliphatic carbocycles. The minimum atomic E-state index is -4.38. The van der Waals surface area contributed by atoms with Gasteiger partial charge in [-0.3, -0.25) is 13.9 Å². The molecular weight excluding hydrogens is 606 g/mol. The van der Waals surface area contributed by atoms with Crippen LogP contribution in [0.3, 0.4) is 0 Å². The first-order valence-corrected chi connectivity index (χ1v) is 16.0. The van der Waals surface area contributed by atoms with Crippen LogP contribution in [0.5, 0.6) is 5.75 Å². The fourth-order valence-corrected chi connectivity index (χ4v) is 6.45. The molecular formula is C30H38FN6O7P. The maximum atomic E-state index is 16.1. The average molecular weight is 645 g/mol. The van der Waals surface area contributed by atoms with Crippen LogP contribution in [0.25, 0.3) is 21.9 Å². The summed E-state index contributed by atoms with van der Waals surface area (Å²) in [6, 6.07) is 11.4. The normalized spacial score (nSPS) is 24.0. The molecule has 5 rings (SSSR count). The number of nitrogens with one attached hydrogen (secondary N) is 2. The quantitative estimate of drug-likeness (QED) is 0.152. The van der Waals surface area contributed by atoms with Gasteiger partial charge in [0.1, 0.15) is 35.8 Å².